The quantitative estimate of drug-likeness (QED) is 0.697. The summed E-state index contributed by atoms with van der Waals surface area (Å²) in [5.74, 6) is -0.346. The molecule has 8 heteroatoms. The van der Waals surface area contributed by atoms with Gasteiger partial charge in [0.25, 0.3) is 0 Å². The predicted molar refractivity (Wildman–Crippen MR) is 114 cm³/mol. The summed E-state index contributed by atoms with van der Waals surface area (Å²) >= 11 is 0. The van der Waals surface area contributed by atoms with E-state index < -0.39 is 15.9 Å². The van der Waals surface area contributed by atoms with Crippen molar-refractivity contribution in [3.05, 3.63) is 53.8 Å². The smallest absolute Gasteiger partial charge is 0.243 e. The SMILES string of the molecule is CCOc1ccc(S(=O)(=O)N2CCC[C@H](C(=O)N(C)c3ccc(F)cc3)C2)cc1C. The molecular weight excluding hydrogens is 407 g/mol. The van der Waals surface area contributed by atoms with E-state index in [0.29, 0.717) is 37.4 Å². The van der Waals surface area contributed by atoms with Crippen LogP contribution in [0.3, 0.4) is 0 Å². The summed E-state index contributed by atoms with van der Waals surface area (Å²) in [6.45, 7) is 4.68. The lowest BCUT2D eigenvalue weighted by Gasteiger charge is -2.33. The van der Waals surface area contributed by atoms with E-state index in [4.69, 9.17) is 4.74 Å². The largest absolute Gasteiger partial charge is 0.494 e. The van der Waals surface area contributed by atoms with Gasteiger partial charge in [0, 0.05) is 25.8 Å². The van der Waals surface area contributed by atoms with Crippen molar-refractivity contribution < 1.29 is 22.3 Å². The highest BCUT2D eigenvalue weighted by molar-refractivity contribution is 7.89. The zero-order chi connectivity index (χ0) is 21.9. The molecular formula is C22H27FN2O4S. The molecule has 2 aromatic carbocycles. The maximum atomic E-state index is 13.2. The number of anilines is 1. The molecule has 3 rings (SSSR count). The molecule has 1 aliphatic heterocycles. The minimum absolute atomic E-state index is 0.124. The monoisotopic (exact) mass is 434 g/mol. The van der Waals surface area contributed by atoms with Gasteiger partial charge in [0.2, 0.25) is 15.9 Å². The summed E-state index contributed by atoms with van der Waals surface area (Å²) < 4.78 is 46.4. The van der Waals surface area contributed by atoms with Crippen LogP contribution < -0.4 is 9.64 Å². The zero-order valence-electron chi connectivity index (χ0n) is 17.5. The molecule has 1 amide bonds. The van der Waals surface area contributed by atoms with Crippen molar-refractivity contribution in [2.75, 3.05) is 31.6 Å². The first kappa shape index (κ1) is 22.2. The highest BCUT2D eigenvalue weighted by atomic mass is 32.2. The van der Waals surface area contributed by atoms with Crippen LogP contribution in [0.15, 0.2) is 47.4 Å². The van der Waals surface area contributed by atoms with E-state index in [1.165, 1.54) is 33.5 Å². The van der Waals surface area contributed by atoms with Crippen LogP contribution in [0.5, 0.6) is 5.75 Å². The molecule has 0 bridgehead atoms. The summed E-state index contributed by atoms with van der Waals surface area (Å²) in [4.78, 5) is 14.6. The van der Waals surface area contributed by atoms with Crippen molar-refractivity contribution in [3.8, 4) is 5.75 Å². The van der Waals surface area contributed by atoms with Crippen molar-refractivity contribution in [2.45, 2.75) is 31.6 Å². The Morgan fingerprint density at radius 2 is 1.93 bits per heavy atom. The lowest BCUT2D eigenvalue weighted by Crippen LogP contribution is -2.46. The molecule has 0 aromatic heterocycles. The third kappa shape index (κ3) is 4.65. The van der Waals surface area contributed by atoms with Gasteiger partial charge in [0.05, 0.1) is 17.4 Å². The van der Waals surface area contributed by atoms with Gasteiger partial charge in [-0.2, -0.15) is 4.31 Å². The van der Waals surface area contributed by atoms with E-state index in [9.17, 15) is 17.6 Å². The second kappa shape index (κ2) is 9.14. The van der Waals surface area contributed by atoms with Gasteiger partial charge < -0.3 is 9.64 Å². The maximum absolute atomic E-state index is 13.2. The van der Waals surface area contributed by atoms with Crippen LogP contribution in [-0.2, 0) is 14.8 Å². The molecule has 1 saturated heterocycles. The summed E-state index contributed by atoms with van der Waals surface area (Å²) in [5, 5.41) is 0. The van der Waals surface area contributed by atoms with E-state index in [-0.39, 0.29) is 23.2 Å². The molecule has 30 heavy (non-hydrogen) atoms. The number of hydrogen-bond donors (Lipinski definition) is 0. The molecule has 0 aliphatic carbocycles. The van der Waals surface area contributed by atoms with Gasteiger partial charge in [-0.05, 0) is 74.7 Å². The predicted octanol–water partition coefficient (Wildman–Crippen LogP) is 3.60. The fraction of sp³-hybridized carbons (Fsp3) is 0.409. The molecule has 1 heterocycles. The zero-order valence-corrected chi connectivity index (χ0v) is 18.3. The van der Waals surface area contributed by atoms with Crippen LogP contribution >= 0.6 is 0 Å². The van der Waals surface area contributed by atoms with Gasteiger partial charge in [-0.25, -0.2) is 12.8 Å². The molecule has 1 aliphatic rings. The third-order valence-electron chi connectivity index (χ3n) is 5.36. The van der Waals surface area contributed by atoms with E-state index >= 15 is 0 Å². The second-order valence-corrected chi connectivity index (χ2v) is 9.37. The minimum atomic E-state index is -3.72. The standard InChI is InChI=1S/C22H27FN2O4S/c1-4-29-21-12-11-20(14-16(21)2)30(27,28)25-13-5-6-17(15-25)22(26)24(3)19-9-7-18(23)8-10-19/h7-12,14,17H,4-6,13,15H2,1-3H3/t17-/m0/s1. The maximum Gasteiger partial charge on any atom is 0.243 e. The van der Waals surface area contributed by atoms with E-state index in [1.807, 2.05) is 13.8 Å². The van der Waals surface area contributed by atoms with Crippen molar-refractivity contribution in [3.63, 3.8) is 0 Å². The topological polar surface area (TPSA) is 66.9 Å². The number of carbonyl (C=O) groups is 1. The normalized spacial score (nSPS) is 17.5. The number of sulfonamides is 1. The van der Waals surface area contributed by atoms with Crippen molar-refractivity contribution >= 4 is 21.6 Å². The molecule has 2 aromatic rings. The fourth-order valence-electron chi connectivity index (χ4n) is 3.68. The number of hydrogen-bond acceptors (Lipinski definition) is 4. The van der Waals surface area contributed by atoms with E-state index in [1.54, 1.807) is 25.2 Å². The highest BCUT2D eigenvalue weighted by Gasteiger charge is 2.35. The Balaban J connectivity index is 1.77. The summed E-state index contributed by atoms with van der Waals surface area (Å²) in [5.41, 5.74) is 1.32. The Morgan fingerprint density at radius 3 is 2.57 bits per heavy atom. The number of amides is 1. The van der Waals surface area contributed by atoms with E-state index in [2.05, 4.69) is 0 Å². The lowest BCUT2D eigenvalue weighted by molar-refractivity contribution is -0.123. The number of piperidine rings is 1. The molecule has 1 atom stereocenters. The molecule has 0 spiro atoms. The fourth-order valence-corrected chi connectivity index (χ4v) is 5.29. The lowest BCUT2D eigenvalue weighted by atomic mass is 9.98. The van der Waals surface area contributed by atoms with Gasteiger partial charge in [0.15, 0.2) is 0 Å². The van der Waals surface area contributed by atoms with Crippen LogP contribution in [0, 0.1) is 18.7 Å². The first-order chi connectivity index (χ1) is 14.2. The Bertz CT molecular complexity index is 1010. The molecule has 0 N–H and O–H groups in total. The van der Waals surface area contributed by atoms with E-state index in [0.717, 1.165) is 5.56 Å². The van der Waals surface area contributed by atoms with Crippen LogP contribution in [0.4, 0.5) is 10.1 Å². The molecule has 0 radical (unpaired) electrons. The Labute approximate surface area is 177 Å². The Kier molecular flexibility index (Phi) is 6.77. The highest BCUT2D eigenvalue weighted by Crippen LogP contribution is 2.28. The Hall–Kier alpha value is -2.45. The number of carbonyl (C=O) groups excluding carboxylic acids is 1. The molecule has 0 saturated carbocycles. The average molecular weight is 435 g/mol. The van der Waals surface area contributed by atoms with Crippen molar-refractivity contribution in [1.29, 1.82) is 0 Å². The number of halogens is 1. The van der Waals surface area contributed by atoms with Crippen molar-refractivity contribution in [2.24, 2.45) is 5.92 Å². The van der Waals surface area contributed by atoms with Gasteiger partial charge in [-0.1, -0.05) is 0 Å². The van der Waals surface area contributed by atoms with Crippen LogP contribution in [0.2, 0.25) is 0 Å². The second-order valence-electron chi connectivity index (χ2n) is 7.44. The number of rotatable bonds is 6. The minimum Gasteiger partial charge on any atom is -0.494 e. The van der Waals surface area contributed by atoms with Gasteiger partial charge >= 0.3 is 0 Å². The molecule has 162 valence electrons. The third-order valence-corrected chi connectivity index (χ3v) is 7.22. The van der Waals surface area contributed by atoms with Gasteiger partial charge in [0.1, 0.15) is 11.6 Å². The average Bonchev–Trinajstić information content (AvgIpc) is 2.75. The summed E-state index contributed by atoms with van der Waals surface area (Å²) in [6, 6.07) is 10.5. The Morgan fingerprint density at radius 1 is 1.23 bits per heavy atom. The number of benzene rings is 2. The molecule has 1 fully saturated rings. The first-order valence-electron chi connectivity index (χ1n) is 10.0. The number of nitrogens with zero attached hydrogens (tertiary/aromatic N) is 2. The first-order valence-corrected chi connectivity index (χ1v) is 11.4. The molecule has 6 nitrogen and oxygen atoms in total. The van der Waals surface area contributed by atoms with Crippen LogP contribution in [-0.4, -0.2) is 45.4 Å². The van der Waals surface area contributed by atoms with Crippen LogP contribution in [0.25, 0.3) is 0 Å². The molecule has 0 unspecified atom stereocenters. The summed E-state index contributed by atoms with van der Waals surface area (Å²) in [7, 11) is -2.10. The summed E-state index contributed by atoms with van der Waals surface area (Å²) in [6.07, 6.45) is 1.21. The number of aryl methyl sites for hydroxylation is 1. The van der Waals surface area contributed by atoms with Gasteiger partial charge in [-0.3, -0.25) is 4.79 Å². The van der Waals surface area contributed by atoms with Crippen LogP contribution in [0.1, 0.15) is 25.3 Å². The van der Waals surface area contributed by atoms with Gasteiger partial charge in [-0.15, -0.1) is 0 Å². The number of ether oxygens (including phenoxy) is 1. The van der Waals surface area contributed by atoms with Crippen molar-refractivity contribution in [1.82, 2.24) is 4.31 Å².